The third kappa shape index (κ3) is 5.24. The standard InChI is InChI=1S/C19H21ClN2O6S/c1-26-14-4-6-15(7-5-14)27-10-9-21-19(23)18-12-22(29(2,24)25)16-11-13(20)3-8-17(16)28-18/h3-8,11,18H,9-10,12H2,1-2H3,(H,21,23). The SMILES string of the molecule is COc1ccc(OCCNC(=O)C2CN(S(C)(=O)=O)c3cc(Cl)ccc3O2)cc1. The Morgan fingerprint density at radius 3 is 2.59 bits per heavy atom. The fourth-order valence-corrected chi connectivity index (χ4v) is 3.88. The number of benzene rings is 2. The van der Waals surface area contributed by atoms with Crippen molar-refractivity contribution in [3.05, 3.63) is 47.5 Å². The van der Waals surface area contributed by atoms with Crippen LogP contribution in [-0.4, -0.2) is 53.5 Å². The van der Waals surface area contributed by atoms with Crippen molar-refractivity contribution in [2.24, 2.45) is 0 Å². The van der Waals surface area contributed by atoms with Gasteiger partial charge in [0.05, 0.1) is 32.1 Å². The number of sulfonamides is 1. The molecule has 1 aliphatic heterocycles. The average molecular weight is 441 g/mol. The first kappa shape index (κ1) is 21.1. The predicted molar refractivity (Wildman–Crippen MR) is 110 cm³/mol. The number of carbonyl (C=O) groups excluding carboxylic acids is 1. The maximum atomic E-state index is 12.5. The van der Waals surface area contributed by atoms with E-state index in [0.29, 0.717) is 16.5 Å². The molecule has 8 nitrogen and oxygen atoms in total. The van der Waals surface area contributed by atoms with Crippen LogP contribution in [0, 0.1) is 0 Å². The summed E-state index contributed by atoms with van der Waals surface area (Å²) < 4.78 is 41.8. The van der Waals surface area contributed by atoms with Gasteiger partial charge in [0.15, 0.2) is 6.10 Å². The molecule has 1 atom stereocenters. The smallest absolute Gasteiger partial charge is 0.263 e. The molecule has 0 aliphatic carbocycles. The quantitative estimate of drug-likeness (QED) is 0.662. The average Bonchev–Trinajstić information content (AvgIpc) is 2.70. The van der Waals surface area contributed by atoms with Gasteiger partial charge in [0.25, 0.3) is 5.91 Å². The summed E-state index contributed by atoms with van der Waals surface area (Å²) in [7, 11) is -2.03. The zero-order chi connectivity index (χ0) is 21.0. The van der Waals surface area contributed by atoms with Crippen molar-refractivity contribution in [1.82, 2.24) is 5.32 Å². The fourth-order valence-electron chi connectivity index (χ4n) is 2.80. The van der Waals surface area contributed by atoms with Gasteiger partial charge >= 0.3 is 0 Å². The maximum absolute atomic E-state index is 12.5. The highest BCUT2D eigenvalue weighted by Gasteiger charge is 2.35. The molecule has 0 bridgehead atoms. The van der Waals surface area contributed by atoms with Gasteiger partial charge in [-0.05, 0) is 42.5 Å². The van der Waals surface area contributed by atoms with E-state index in [9.17, 15) is 13.2 Å². The number of methoxy groups -OCH3 is 1. The van der Waals surface area contributed by atoms with Crippen molar-refractivity contribution < 1.29 is 27.4 Å². The maximum Gasteiger partial charge on any atom is 0.263 e. The number of ether oxygens (including phenoxy) is 3. The van der Waals surface area contributed by atoms with Gasteiger partial charge in [0.1, 0.15) is 23.9 Å². The van der Waals surface area contributed by atoms with Gasteiger partial charge in [-0.15, -0.1) is 0 Å². The summed E-state index contributed by atoms with van der Waals surface area (Å²) in [6.07, 6.45) is 0.0834. The minimum atomic E-state index is -3.61. The molecule has 1 aliphatic rings. The molecule has 1 amide bonds. The fraction of sp³-hybridized carbons (Fsp3) is 0.316. The Morgan fingerprint density at radius 1 is 1.24 bits per heavy atom. The molecule has 0 fully saturated rings. The molecule has 156 valence electrons. The van der Waals surface area contributed by atoms with Crippen LogP contribution < -0.4 is 23.8 Å². The summed E-state index contributed by atoms with van der Waals surface area (Å²) in [4.78, 5) is 12.5. The van der Waals surface area contributed by atoms with Gasteiger partial charge in [-0.1, -0.05) is 11.6 Å². The monoisotopic (exact) mass is 440 g/mol. The third-order valence-electron chi connectivity index (χ3n) is 4.21. The van der Waals surface area contributed by atoms with E-state index in [1.165, 1.54) is 6.07 Å². The lowest BCUT2D eigenvalue weighted by molar-refractivity contribution is -0.127. The third-order valence-corrected chi connectivity index (χ3v) is 5.59. The zero-order valence-corrected chi connectivity index (χ0v) is 17.5. The second kappa shape index (κ2) is 8.79. The Bertz CT molecular complexity index is 981. The summed E-state index contributed by atoms with van der Waals surface area (Å²) in [6, 6.07) is 11.7. The van der Waals surface area contributed by atoms with Crippen LogP contribution in [0.25, 0.3) is 0 Å². The van der Waals surface area contributed by atoms with Crippen molar-refractivity contribution >= 4 is 33.2 Å². The van der Waals surface area contributed by atoms with E-state index in [4.69, 9.17) is 25.8 Å². The molecule has 0 spiro atoms. The predicted octanol–water partition coefficient (Wildman–Crippen LogP) is 2.07. The highest BCUT2D eigenvalue weighted by atomic mass is 35.5. The summed E-state index contributed by atoms with van der Waals surface area (Å²) in [5, 5.41) is 3.07. The number of carbonyl (C=O) groups is 1. The van der Waals surface area contributed by atoms with E-state index in [-0.39, 0.29) is 25.4 Å². The van der Waals surface area contributed by atoms with Crippen LogP contribution in [-0.2, 0) is 14.8 Å². The lowest BCUT2D eigenvalue weighted by atomic mass is 10.2. The first-order chi connectivity index (χ1) is 13.8. The van der Waals surface area contributed by atoms with Gasteiger partial charge in [-0.25, -0.2) is 8.42 Å². The number of rotatable bonds is 7. The van der Waals surface area contributed by atoms with Crippen LogP contribution in [0.5, 0.6) is 17.2 Å². The number of anilines is 1. The molecule has 0 saturated carbocycles. The Hall–Kier alpha value is -2.65. The van der Waals surface area contributed by atoms with Crippen molar-refractivity contribution in [3.8, 4) is 17.2 Å². The molecular formula is C19H21ClN2O6S. The highest BCUT2D eigenvalue weighted by molar-refractivity contribution is 7.92. The van der Waals surface area contributed by atoms with Crippen molar-refractivity contribution in [3.63, 3.8) is 0 Å². The summed E-state index contributed by atoms with van der Waals surface area (Å²) in [5.41, 5.74) is 0.312. The molecule has 1 N–H and O–H groups in total. The van der Waals surface area contributed by atoms with E-state index >= 15 is 0 Å². The van der Waals surface area contributed by atoms with Gasteiger partial charge in [-0.3, -0.25) is 9.10 Å². The molecule has 10 heteroatoms. The highest BCUT2D eigenvalue weighted by Crippen LogP contribution is 2.37. The molecule has 1 heterocycles. The number of fused-ring (bicyclic) bond motifs is 1. The van der Waals surface area contributed by atoms with Crippen LogP contribution in [0.15, 0.2) is 42.5 Å². The Kier molecular flexibility index (Phi) is 6.39. The lowest BCUT2D eigenvalue weighted by Crippen LogP contribution is -2.51. The molecular weight excluding hydrogens is 420 g/mol. The molecule has 29 heavy (non-hydrogen) atoms. The molecule has 0 saturated heterocycles. The van der Waals surface area contributed by atoms with Gasteiger partial charge in [0, 0.05) is 5.02 Å². The Balaban J connectivity index is 1.58. The van der Waals surface area contributed by atoms with Crippen LogP contribution in [0.2, 0.25) is 5.02 Å². The topological polar surface area (TPSA) is 94.2 Å². The molecule has 0 radical (unpaired) electrons. The molecule has 1 unspecified atom stereocenters. The zero-order valence-electron chi connectivity index (χ0n) is 15.9. The molecule has 3 rings (SSSR count). The van der Waals surface area contributed by atoms with Crippen LogP contribution in [0.3, 0.4) is 0 Å². The van der Waals surface area contributed by atoms with Crippen molar-refractivity contribution in [1.29, 1.82) is 0 Å². The number of nitrogens with zero attached hydrogens (tertiary/aromatic N) is 1. The second-order valence-corrected chi connectivity index (χ2v) is 8.67. The lowest BCUT2D eigenvalue weighted by Gasteiger charge is -2.34. The summed E-state index contributed by atoms with van der Waals surface area (Å²) >= 11 is 5.97. The molecule has 2 aromatic carbocycles. The van der Waals surface area contributed by atoms with Crippen LogP contribution in [0.4, 0.5) is 5.69 Å². The van der Waals surface area contributed by atoms with E-state index in [2.05, 4.69) is 5.32 Å². The van der Waals surface area contributed by atoms with E-state index in [1.54, 1.807) is 43.5 Å². The number of amides is 1. The van der Waals surface area contributed by atoms with Crippen LogP contribution in [0.1, 0.15) is 0 Å². The number of hydrogen-bond acceptors (Lipinski definition) is 6. The minimum Gasteiger partial charge on any atom is -0.497 e. The summed E-state index contributed by atoms with van der Waals surface area (Å²) in [5.74, 6) is 1.21. The van der Waals surface area contributed by atoms with Gasteiger partial charge in [0.2, 0.25) is 10.0 Å². The van der Waals surface area contributed by atoms with Crippen molar-refractivity contribution in [2.75, 3.05) is 37.4 Å². The van der Waals surface area contributed by atoms with Crippen LogP contribution >= 0.6 is 11.6 Å². The van der Waals surface area contributed by atoms with Crippen molar-refractivity contribution in [2.45, 2.75) is 6.10 Å². The summed E-state index contributed by atoms with van der Waals surface area (Å²) in [6.45, 7) is 0.335. The van der Waals surface area contributed by atoms with Gasteiger partial charge < -0.3 is 19.5 Å². The molecule has 0 aromatic heterocycles. The number of halogens is 1. The minimum absolute atomic E-state index is 0.142. The number of hydrogen-bond donors (Lipinski definition) is 1. The molecule has 2 aromatic rings. The van der Waals surface area contributed by atoms with E-state index in [0.717, 1.165) is 16.3 Å². The first-order valence-electron chi connectivity index (χ1n) is 8.76. The van der Waals surface area contributed by atoms with E-state index < -0.39 is 22.0 Å². The Labute approximate surface area is 174 Å². The largest absolute Gasteiger partial charge is 0.497 e. The Morgan fingerprint density at radius 2 is 1.93 bits per heavy atom. The van der Waals surface area contributed by atoms with E-state index in [1.807, 2.05) is 0 Å². The first-order valence-corrected chi connectivity index (χ1v) is 11.0. The second-order valence-electron chi connectivity index (χ2n) is 6.33. The van der Waals surface area contributed by atoms with Gasteiger partial charge in [-0.2, -0.15) is 0 Å². The number of nitrogens with one attached hydrogen (secondary N) is 1. The normalized spacial score (nSPS) is 15.8.